The van der Waals surface area contributed by atoms with Gasteiger partial charge in [0.15, 0.2) is 0 Å². The molecule has 8 N–H and O–H groups in total. The molecule has 5 unspecified atom stereocenters. The fraction of sp³-hybridized carbons (Fsp3) is 0.583. The number of aliphatic carboxylic acids is 1. The fourth-order valence-electron chi connectivity index (χ4n) is 3.35. The van der Waals surface area contributed by atoms with Crippen molar-refractivity contribution in [3.63, 3.8) is 0 Å². The molecule has 0 spiro atoms. The molecule has 0 heterocycles. The Labute approximate surface area is 215 Å². The Balaban J connectivity index is 2.95. The van der Waals surface area contributed by atoms with Crippen LogP contribution in [0.5, 0.6) is 5.75 Å². The van der Waals surface area contributed by atoms with Gasteiger partial charge in [-0.2, -0.15) is 11.8 Å². The minimum absolute atomic E-state index is 0.0137. The Hall–Kier alpha value is -2.83. The highest BCUT2D eigenvalue weighted by molar-refractivity contribution is 7.98. The maximum atomic E-state index is 13.0. The van der Waals surface area contributed by atoms with Gasteiger partial charge in [-0.25, -0.2) is 4.79 Å². The van der Waals surface area contributed by atoms with Crippen LogP contribution in [-0.2, 0) is 25.6 Å². The number of carbonyl (C=O) groups excluding carboxylic acids is 3. The number of benzene rings is 1. The number of nitrogens with two attached hydrogens (primary N) is 1. The molecule has 202 valence electrons. The van der Waals surface area contributed by atoms with Gasteiger partial charge < -0.3 is 37.0 Å². The van der Waals surface area contributed by atoms with Gasteiger partial charge in [0, 0.05) is 6.42 Å². The van der Waals surface area contributed by atoms with Crippen LogP contribution < -0.4 is 21.7 Å². The Morgan fingerprint density at radius 3 is 2.03 bits per heavy atom. The van der Waals surface area contributed by atoms with Crippen LogP contribution in [0.4, 0.5) is 0 Å². The van der Waals surface area contributed by atoms with Gasteiger partial charge in [-0.15, -0.1) is 0 Å². The van der Waals surface area contributed by atoms with E-state index in [1.807, 2.05) is 20.1 Å². The SMILES string of the molecule is CSCCC(N)C(=O)NC(CC(C)C)C(=O)NC(C(=O)NC(Cc1ccc(O)cc1)C(=O)O)C(C)O. The molecule has 0 saturated heterocycles. The van der Waals surface area contributed by atoms with E-state index in [0.717, 1.165) is 0 Å². The number of aliphatic hydroxyl groups is 1. The van der Waals surface area contributed by atoms with Crippen LogP contribution in [0.25, 0.3) is 0 Å². The van der Waals surface area contributed by atoms with Gasteiger partial charge in [-0.05, 0) is 55.4 Å². The van der Waals surface area contributed by atoms with Crippen molar-refractivity contribution >= 4 is 35.5 Å². The van der Waals surface area contributed by atoms with E-state index in [2.05, 4.69) is 16.0 Å². The molecule has 11 nitrogen and oxygen atoms in total. The monoisotopic (exact) mass is 526 g/mol. The van der Waals surface area contributed by atoms with Gasteiger partial charge in [0.1, 0.15) is 23.9 Å². The summed E-state index contributed by atoms with van der Waals surface area (Å²) < 4.78 is 0. The van der Waals surface area contributed by atoms with Crippen molar-refractivity contribution in [3.05, 3.63) is 29.8 Å². The fourth-order valence-corrected chi connectivity index (χ4v) is 3.84. The van der Waals surface area contributed by atoms with E-state index < -0.39 is 54.0 Å². The molecule has 0 aliphatic heterocycles. The van der Waals surface area contributed by atoms with Gasteiger partial charge in [-0.3, -0.25) is 14.4 Å². The molecule has 0 aliphatic rings. The van der Waals surface area contributed by atoms with Crippen LogP contribution in [-0.4, -0.2) is 81.3 Å². The van der Waals surface area contributed by atoms with Crippen LogP contribution in [0.1, 0.15) is 39.2 Å². The summed E-state index contributed by atoms with van der Waals surface area (Å²) in [6, 6.07) is 1.22. The Morgan fingerprint density at radius 1 is 0.944 bits per heavy atom. The zero-order valence-electron chi connectivity index (χ0n) is 21.1. The minimum atomic E-state index is -1.46. The molecule has 5 atom stereocenters. The topological polar surface area (TPSA) is 191 Å². The number of phenolic OH excluding ortho intramolecular Hbond substituents is 1. The molecule has 1 aromatic rings. The number of carboxylic acids is 1. The van der Waals surface area contributed by atoms with E-state index >= 15 is 0 Å². The van der Waals surface area contributed by atoms with E-state index in [1.54, 1.807) is 11.8 Å². The van der Waals surface area contributed by atoms with Crippen molar-refractivity contribution < 1.29 is 34.5 Å². The molecule has 3 amide bonds. The van der Waals surface area contributed by atoms with Gasteiger partial charge in [0.2, 0.25) is 17.7 Å². The summed E-state index contributed by atoms with van der Waals surface area (Å²) >= 11 is 1.54. The summed E-state index contributed by atoms with van der Waals surface area (Å²) in [5.74, 6) is -2.69. The van der Waals surface area contributed by atoms with E-state index in [1.165, 1.54) is 31.2 Å². The number of aromatic hydroxyl groups is 1. The lowest BCUT2D eigenvalue weighted by Crippen LogP contribution is -2.60. The van der Waals surface area contributed by atoms with Crippen molar-refractivity contribution in [2.75, 3.05) is 12.0 Å². The molecule has 1 rings (SSSR count). The number of hydrogen-bond donors (Lipinski definition) is 7. The quantitative estimate of drug-likeness (QED) is 0.165. The number of aliphatic hydroxyl groups excluding tert-OH is 1. The number of rotatable bonds is 15. The lowest BCUT2D eigenvalue weighted by atomic mass is 10.0. The van der Waals surface area contributed by atoms with Gasteiger partial charge >= 0.3 is 5.97 Å². The van der Waals surface area contributed by atoms with Crippen LogP contribution in [0.15, 0.2) is 24.3 Å². The molecule has 0 fully saturated rings. The highest BCUT2D eigenvalue weighted by atomic mass is 32.2. The smallest absolute Gasteiger partial charge is 0.326 e. The first-order valence-corrected chi connectivity index (χ1v) is 13.1. The average molecular weight is 527 g/mol. The number of nitrogens with one attached hydrogen (secondary N) is 3. The van der Waals surface area contributed by atoms with Crippen LogP contribution in [0.2, 0.25) is 0 Å². The first-order valence-electron chi connectivity index (χ1n) is 11.7. The lowest BCUT2D eigenvalue weighted by molar-refractivity contribution is -0.143. The highest BCUT2D eigenvalue weighted by Crippen LogP contribution is 2.12. The Bertz CT molecular complexity index is 880. The van der Waals surface area contributed by atoms with Crippen molar-refractivity contribution in [1.82, 2.24) is 16.0 Å². The van der Waals surface area contributed by atoms with Crippen LogP contribution in [0.3, 0.4) is 0 Å². The second-order valence-electron chi connectivity index (χ2n) is 9.08. The summed E-state index contributed by atoms with van der Waals surface area (Å²) in [5, 5.41) is 36.5. The van der Waals surface area contributed by atoms with Gasteiger partial charge in [0.25, 0.3) is 0 Å². The zero-order valence-corrected chi connectivity index (χ0v) is 21.9. The predicted molar refractivity (Wildman–Crippen MR) is 137 cm³/mol. The third-order valence-corrected chi connectivity index (χ3v) is 6.01. The van der Waals surface area contributed by atoms with E-state index in [4.69, 9.17) is 5.73 Å². The lowest BCUT2D eigenvalue weighted by Gasteiger charge is -2.27. The molecule has 0 bridgehead atoms. The number of thioether (sulfide) groups is 1. The third-order valence-electron chi connectivity index (χ3n) is 5.36. The second kappa shape index (κ2) is 15.3. The molecule has 1 aromatic carbocycles. The maximum Gasteiger partial charge on any atom is 0.326 e. The summed E-state index contributed by atoms with van der Waals surface area (Å²) in [6.45, 7) is 5.01. The molecule has 12 heteroatoms. The molecular formula is C24H38N4O7S. The molecule has 0 saturated carbocycles. The Morgan fingerprint density at radius 2 is 1.53 bits per heavy atom. The van der Waals surface area contributed by atoms with Crippen molar-refractivity contribution in [2.45, 2.75) is 70.3 Å². The zero-order chi connectivity index (χ0) is 27.4. The van der Waals surface area contributed by atoms with Crippen molar-refractivity contribution in [2.24, 2.45) is 11.7 Å². The molecule has 0 aromatic heterocycles. The Kier molecular flexibility index (Phi) is 13.3. The first kappa shape index (κ1) is 31.2. The van der Waals surface area contributed by atoms with Crippen LogP contribution in [0, 0.1) is 5.92 Å². The van der Waals surface area contributed by atoms with E-state index in [0.29, 0.717) is 17.7 Å². The standard InChI is InChI=1S/C24H38N4O7S/c1-13(2)11-18(26-21(31)17(25)9-10-36-4)22(32)28-20(14(3)29)23(33)27-19(24(34)35)12-15-5-7-16(30)8-6-15/h5-8,13-14,17-20,29-30H,9-12,25H2,1-4H3,(H,26,31)(H,27,33)(H,28,32)(H,34,35). The predicted octanol–water partition coefficient (Wildman–Crippen LogP) is -0.0190. The second-order valence-corrected chi connectivity index (χ2v) is 10.1. The summed E-state index contributed by atoms with van der Waals surface area (Å²) in [6.07, 6.45) is 1.15. The molecule has 0 aliphatic carbocycles. The minimum Gasteiger partial charge on any atom is -0.508 e. The van der Waals surface area contributed by atoms with Gasteiger partial charge in [-0.1, -0.05) is 26.0 Å². The highest BCUT2D eigenvalue weighted by Gasteiger charge is 2.33. The summed E-state index contributed by atoms with van der Waals surface area (Å²) in [5.41, 5.74) is 6.46. The van der Waals surface area contributed by atoms with E-state index in [9.17, 15) is 34.5 Å². The average Bonchev–Trinajstić information content (AvgIpc) is 2.80. The molecular weight excluding hydrogens is 488 g/mol. The number of phenols is 1. The molecule has 0 radical (unpaired) electrons. The van der Waals surface area contributed by atoms with Crippen molar-refractivity contribution in [1.29, 1.82) is 0 Å². The number of carboxylic acid groups (broad SMARTS) is 1. The van der Waals surface area contributed by atoms with Crippen molar-refractivity contribution in [3.8, 4) is 5.75 Å². The van der Waals surface area contributed by atoms with E-state index in [-0.39, 0.29) is 24.5 Å². The number of amides is 3. The summed E-state index contributed by atoms with van der Waals surface area (Å²) in [7, 11) is 0. The third kappa shape index (κ3) is 10.8. The normalized spacial score (nSPS) is 15.3. The van der Waals surface area contributed by atoms with Crippen LogP contribution >= 0.6 is 11.8 Å². The maximum absolute atomic E-state index is 13.0. The number of hydrogen-bond acceptors (Lipinski definition) is 8. The van der Waals surface area contributed by atoms with Gasteiger partial charge in [0.05, 0.1) is 12.1 Å². The first-order chi connectivity index (χ1) is 16.8. The largest absolute Gasteiger partial charge is 0.508 e. The number of carbonyl (C=O) groups is 4. The molecule has 36 heavy (non-hydrogen) atoms. The summed E-state index contributed by atoms with van der Waals surface area (Å²) in [4.78, 5) is 50.1.